The van der Waals surface area contributed by atoms with E-state index in [2.05, 4.69) is 0 Å². The van der Waals surface area contributed by atoms with Crippen molar-refractivity contribution >= 4 is 5.69 Å². The highest BCUT2D eigenvalue weighted by atomic mass is 16.7. The maximum absolute atomic E-state index is 10.8. The summed E-state index contributed by atoms with van der Waals surface area (Å²) in [7, 11) is 0. The summed E-state index contributed by atoms with van der Waals surface area (Å²) in [5.74, 6) is -0.583. The van der Waals surface area contributed by atoms with E-state index in [0.717, 1.165) is 0 Å². The van der Waals surface area contributed by atoms with Gasteiger partial charge >= 0.3 is 0 Å². The highest BCUT2D eigenvalue weighted by Crippen LogP contribution is 2.34. The zero-order valence-electron chi connectivity index (χ0n) is 16.8. The topological polar surface area (TPSA) is 212 Å². The van der Waals surface area contributed by atoms with Crippen LogP contribution in [0, 0.1) is 16.0 Å². The quantitative estimate of drug-likeness (QED) is 0.163. The molecule has 2 aliphatic rings. The van der Waals surface area contributed by atoms with Crippen LogP contribution in [0.2, 0.25) is 0 Å². The predicted octanol–water partition coefficient (Wildman–Crippen LogP) is -2.74. The summed E-state index contributed by atoms with van der Waals surface area (Å²) in [6.07, 6.45) is -13.1. The number of ether oxygens (including phenoxy) is 3. The third kappa shape index (κ3) is 5.01. The second-order valence-electron chi connectivity index (χ2n) is 7.86. The molecule has 1 aromatic rings. The molecule has 0 bridgehead atoms. The largest absolute Gasteiger partial charge is 0.488 e. The Balaban J connectivity index is 1.70. The molecule has 0 aromatic heterocycles. The number of benzene rings is 1. The Morgan fingerprint density at radius 2 is 1.59 bits per heavy atom. The van der Waals surface area contributed by atoms with Crippen LogP contribution in [0.4, 0.5) is 5.69 Å². The van der Waals surface area contributed by atoms with Crippen molar-refractivity contribution in [3.05, 3.63) is 34.4 Å². The van der Waals surface area contributed by atoms with E-state index in [-0.39, 0.29) is 17.9 Å². The average molecular weight is 461 g/mol. The van der Waals surface area contributed by atoms with Gasteiger partial charge < -0.3 is 50.0 Å². The first kappa shape index (κ1) is 24.7. The first-order valence-electron chi connectivity index (χ1n) is 10.0. The summed E-state index contributed by atoms with van der Waals surface area (Å²) >= 11 is 0. The highest BCUT2D eigenvalue weighted by Gasteiger charge is 2.50. The van der Waals surface area contributed by atoms with Crippen LogP contribution in [0.25, 0.3) is 0 Å². The molecule has 3 rings (SSSR count). The van der Waals surface area contributed by atoms with Crippen molar-refractivity contribution < 1.29 is 54.9 Å². The Morgan fingerprint density at radius 1 is 0.938 bits per heavy atom. The predicted molar refractivity (Wildman–Crippen MR) is 103 cm³/mol. The van der Waals surface area contributed by atoms with Gasteiger partial charge in [-0.25, -0.2) is 0 Å². The van der Waals surface area contributed by atoms with Gasteiger partial charge in [0.05, 0.1) is 17.6 Å². The molecule has 1 aliphatic carbocycles. The molecular formula is C19H27NO12. The molecule has 0 amide bonds. The first-order valence-corrected chi connectivity index (χ1v) is 10.0. The van der Waals surface area contributed by atoms with Crippen molar-refractivity contribution in [2.45, 2.75) is 61.5 Å². The molecule has 13 nitrogen and oxygen atoms in total. The fraction of sp³-hybridized carbons (Fsp3) is 0.684. The monoisotopic (exact) mass is 461 g/mol. The molecule has 0 radical (unpaired) electrons. The molecule has 10 atom stereocenters. The zero-order valence-corrected chi connectivity index (χ0v) is 16.8. The van der Waals surface area contributed by atoms with Gasteiger partial charge in [0.25, 0.3) is 5.69 Å². The molecule has 1 saturated carbocycles. The van der Waals surface area contributed by atoms with Crippen molar-refractivity contribution in [1.29, 1.82) is 0 Å². The normalized spacial score (nSPS) is 40.1. The molecule has 10 unspecified atom stereocenters. The minimum absolute atomic E-state index is 0.00774. The molecule has 13 heteroatoms. The Kier molecular flexibility index (Phi) is 7.97. The average Bonchev–Trinajstić information content (AvgIpc) is 2.79. The Labute approximate surface area is 182 Å². The second kappa shape index (κ2) is 10.3. The summed E-state index contributed by atoms with van der Waals surface area (Å²) in [4.78, 5) is 10.2. The Hall–Kier alpha value is -1.94. The summed E-state index contributed by atoms with van der Waals surface area (Å²) in [5, 5.41) is 80.9. The smallest absolute Gasteiger partial charge is 0.269 e. The van der Waals surface area contributed by atoms with E-state index >= 15 is 0 Å². The summed E-state index contributed by atoms with van der Waals surface area (Å²) in [5.41, 5.74) is -0.150. The molecule has 1 aliphatic heterocycles. The van der Waals surface area contributed by atoms with Gasteiger partial charge in [0.2, 0.25) is 0 Å². The van der Waals surface area contributed by atoms with Gasteiger partial charge in [0, 0.05) is 24.7 Å². The highest BCUT2D eigenvalue weighted by molar-refractivity contribution is 5.36. The van der Waals surface area contributed by atoms with Gasteiger partial charge in [-0.2, -0.15) is 0 Å². The molecular weight excluding hydrogens is 434 g/mol. The molecule has 0 spiro atoms. The van der Waals surface area contributed by atoms with Gasteiger partial charge in [0.15, 0.2) is 6.29 Å². The lowest BCUT2D eigenvalue weighted by atomic mass is 9.80. The molecule has 7 N–H and O–H groups in total. The van der Waals surface area contributed by atoms with Crippen molar-refractivity contribution in [2.24, 2.45) is 5.92 Å². The van der Waals surface area contributed by atoms with E-state index in [0.29, 0.717) is 0 Å². The van der Waals surface area contributed by atoms with E-state index in [1.54, 1.807) is 0 Å². The maximum Gasteiger partial charge on any atom is 0.269 e. The maximum atomic E-state index is 10.8. The van der Waals surface area contributed by atoms with Gasteiger partial charge in [-0.1, -0.05) is 0 Å². The number of aliphatic hydroxyl groups is 7. The van der Waals surface area contributed by atoms with Crippen LogP contribution in [-0.2, 0) is 9.47 Å². The minimum atomic E-state index is -1.72. The number of non-ortho nitro benzene ring substituents is 1. The fourth-order valence-corrected chi connectivity index (χ4v) is 3.91. The standard InChI is InChI=1S/C19H27NO12/c21-6-8-5-11(30-10-3-1-9(2-4-10)20(28)29)13(23)16(26)18(8)32-19-17(27)15(25)14(24)12(7-22)31-19/h1-4,8,11-19,21-27H,5-7H2. The van der Waals surface area contributed by atoms with Crippen LogP contribution in [-0.4, -0.2) is 109 Å². The molecule has 180 valence electrons. The fourth-order valence-electron chi connectivity index (χ4n) is 3.91. The first-order chi connectivity index (χ1) is 15.2. The molecule has 2 fully saturated rings. The van der Waals surface area contributed by atoms with Gasteiger partial charge in [0.1, 0.15) is 48.5 Å². The molecule has 1 saturated heterocycles. The third-order valence-corrected chi connectivity index (χ3v) is 5.78. The number of nitrogens with zero attached hydrogens (tertiary/aromatic N) is 1. The lowest BCUT2D eigenvalue weighted by Gasteiger charge is -2.46. The van der Waals surface area contributed by atoms with Gasteiger partial charge in [-0.3, -0.25) is 10.1 Å². The van der Waals surface area contributed by atoms with Crippen LogP contribution in [0.3, 0.4) is 0 Å². The SMILES string of the molecule is O=[N+]([O-])c1ccc(OC2CC(CO)C(OC3OC(CO)C(O)C(O)C3O)C(O)C2O)cc1. The van der Waals surface area contributed by atoms with Crippen molar-refractivity contribution in [3.63, 3.8) is 0 Å². The minimum Gasteiger partial charge on any atom is -0.488 e. The van der Waals surface area contributed by atoms with Crippen LogP contribution < -0.4 is 4.74 Å². The van der Waals surface area contributed by atoms with Crippen LogP contribution >= 0.6 is 0 Å². The number of hydrogen-bond acceptors (Lipinski definition) is 12. The van der Waals surface area contributed by atoms with E-state index in [9.17, 15) is 45.9 Å². The Bertz CT molecular complexity index is 759. The van der Waals surface area contributed by atoms with E-state index in [4.69, 9.17) is 14.2 Å². The van der Waals surface area contributed by atoms with Crippen LogP contribution in [0.1, 0.15) is 6.42 Å². The number of rotatable bonds is 7. The number of aliphatic hydroxyl groups excluding tert-OH is 7. The lowest BCUT2D eigenvalue weighted by molar-refractivity contribution is -0.384. The zero-order chi connectivity index (χ0) is 23.6. The lowest BCUT2D eigenvalue weighted by Crippen LogP contribution is -2.63. The Morgan fingerprint density at radius 3 is 2.16 bits per heavy atom. The van der Waals surface area contributed by atoms with Crippen molar-refractivity contribution in [3.8, 4) is 5.75 Å². The van der Waals surface area contributed by atoms with Crippen LogP contribution in [0.5, 0.6) is 5.75 Å². The second-order valence-corrected chi connectivity index (χ2v) is 7.86. The van der Waals surface area contributed by atoms with E-state index in [1.165, 1.54) is 24.3 Å². The summed E-state index contributed by atoms with van der Waals surface area (Å²) in [6.45, 7) is -1.17. The van der Waals surface area contributed by atoms with Gasteiger partial charge in [-0.15, -0.1) is 0 Å². The molecule has 1 heterocycles. The van der Waals surface area contributed by atoms with E-state index < -0.39 is 79.2 Å². The van der Waals surface area contributed by atoms with Gasteiger partial charge in [-0.05, 0) is 18.6 Å². The molecule has 32 heavy (non-hydrogen) atoms. The summed E-state index contributed by atoms with van der Waals surface area (Å²) in [6, 6.07) is 5.11. The number of nitro groups is 1. The van der Waals surface area contributed by atoms with E-state index in [1.807, 2.05) is 0 Å². The van der Waals surface area contributed by atoms with Crippen molar-refractivity contribution in [2.75, 3.05) is 13.2 Å². The molecule has 1 aromatic carbocycles. The van der Waals surface area contributed by atoms with Crippen LogP contribution in [0.15, 0.2) is 24.3 Å². The third-order valence-electron chi connectivity index (χ3n) is 5.78. The number of hydrogen-bond donors (Lipinski definition) is 7. The van der Waals surface area contributed by atoms with Crippen molar-refractivity contribution in [1.82, 2.24) is 0 Å². The summed E-state index contributed by atoms with van der Waals surface area (Å²) < 4.78 is 16.5. The number of nitro benzene ring substituents is 1.